The third kappa shape index (κ3) is 6.11. The van der Waals surface area contributed by atoms with Crippen LogP contribution in [0.15, 0.2) is 60.7 Å². The summed E-state index contributed by atoms with van der Waals surface area (Å²) in [5.41, 5.74) is 7.33. The standard InChI is InChI=1S/C26H28FN5O3/c27-20-8-4-9-21(16-20)32-23(17-22(30-32)18-6-2-1-3-7-18)29-24(33)10-5-11-25(34)31-14-12-19(13-15-31)26(28)35/h1-4,6-9,16-17,19H,5,10-15H2,(H2,28,35)(H,29,33). The number of likely N-dealkylation sites (tertiary alicyclic amines) is 1. The van der Waals surface area contributed by atoms with E-state index in [2.05, 4.69) is 10.4 Å². The van der Waals surface area contributed by atoms with Gasteiger partial charge in [-0.3, -0.25) is 14.4 Å². The highest BCUT2D eigenvalue weighted by Gasteiger charge is 2.25. The maximum atomic E-state index is 13.8. The molecule has 9 heteroatoms. The van der Waals surface area contributed by atoms with E-state index in [4.69, 9.17) is 5.73 Å². The average molecular weight is 478 g/mol. The SMILES string of the molecule is NC(=O)C1CCN(C(=O)CCCC(=O)Nc2cc(-c3ccccc3)nn2-c2cccc(F)c2)CC1. The quantitative estimate of drug-likeness (QED) is 0.517. The summed E-state index contributed by atoms with van der Waals surface area (Å²) in [6.45, 7) is 1.02. The van der Waals surface area contributed by atoms with Crippen LogP contribution in [0, 0.1) is 11.7 Å². The summed E-state index contributed by atoms with van der Waals surface area (Å²) in [5.74, 6) is -0.774. The van der Waals surface area contributed by atoms with Crippen molar-refractivity contribution in [1.82, 2.24) is 14.7 Å². The van der Waals surface area contributed by atoms with E-state index in [1.165, 1.54) is 16.8 Å². The van der Waals surface area contributed by atoms with Crippen LogP contribution in [-0.2, 0) is 14.4 Å². The number of carbonyl (C=O) groups excluding carboxylic acids is 3. The van der Waals surface area contributed by atoms with Crippen molar-refractivity contribution < 1.29 is 18.8 Å². The van der Waals surface area contributed by atoms with E-state index >= 15 is 0 Å². The number of hydrogen-bond donors (Lipinski definition) is 2. The summed E-state index contributed by atoms with van der Waals surface area (Å²) in [5, 5.41) is 7.43. The third-order valence-corrected chi connectivity index (χ3v) is 6.14. The Balaban J connectivity index is 1.38. The topological polar surface area (TPSA) is 110 Å². The Morgan fingerprint density at radius 2 is 1.74 bits per heavy atom. The molecule has 0 unspecified atom stereocenters. The molecule has 3 N–H and O–H groups in total. The largest absolute Gasteiger partial charge is 0.369 e. The first-order valence-corrected chi connectivity index (χ1v) is 11.7. The van der Waals surface area contributed by atoms with Crippen molar-refractivity contribution >= 4 is 23.5 Å². The number of hydrogen-bond acceptors (Lipinski definition) is 4. The van der Waals surface area contributed by atoms with Gasteiger partial charge in [0, 0.05) is 43.5 Å². The zero-order valence-electron chi connectivity index (χ0n) is 19.3. The van der Waals surface area contributed by atoms with Gasteiger partial charge < -0.3 is 16.0 Å². The molecule has 1 aliphatic rings. The molecule has 0 atom stereocenters. The smallest absolute Gasteiger partial charge is 0.225 e. The van der Waals surface area contributed by atoms with Gasteiger partial charge in [0.15, 0.2) is 0 Å². The van der Waals surface area contributed by atoms with Gasteiger partial charge in [-0.25, -0.2) is 9.07 Å². The maximum Gasteiger partial charge on any atom is 0.225 e. The van der Waals surface area contributed by atoms with Crippen LogP contribution < -0.4 is 11.1 Å². The monoisotopic (exact) mass is 477 g/mol. The van der Waals surface area contributed by atoms with Gasteiger partial charge in [-0.1, -0.05) is 36.4 Å². The number of carbonyl (C=O) groups is 3. The van der Waals surface area contributed by atoms with Crippen LogP contribution in [0.4, 0.5) is 10.2 Å². The summed E-state index contributed by atoms with van der Waals surface area (Å²) in [6.07, 6.45) is 1.94. The number of piperidine rings is 1. The molecule has 0 spiro atoms. The third-order valence-electron chi connectivity index (χ3n) is 6.14. The van der Waals surface area contributed by atoms with Crippen LogP contribution in [0.2, 0.25) is 0 Å². The van der Waals surface area contributed by atoms with Crippen LogP contribution >= 0.6 is 0 Å². The highest BCUT2D eigenvalue weighted by atomic mass is 19.1. The first-order valence-electron chi connectivity index (χ1n) is 11.7. The van der Waals surface area contributed by atoms with Gasteiger partial charge in [0.25, 0.3) is 0 Å². The minimum absolute atomic E-state index is 0.0307. The van der Waals surface area contributed by atoms with E-state index in [1.54, 1.807) is 23.1 Å². The molecule has 0 radical (unpaired) electrons. The second-order valence-corrected chi connectivity index (χ2v) is 8.63. The van der Waals surface area contributed by atoms with Crippen LogP contribution in [0.3, 0.4) is 0 Å². The molecule has 2 aromatic carbocycles. The fraction of sp³-hybridized carbons (Fsp3) is 0.308. The van der Waals surface area contributed by atoms with E-state index < -0.39 is 5.82 Å². The second kappa shape index (κ2) is 10.9. The van der Waals surface area contributed by atoms with E-state index in [0.29, 0.717) is 49.6 Å². The number of primary amides is 1. The number of nitrogens with zero attached hydrogens (tertiary/aromatic N) is 3. The van der Waals surface area contributed by atoms with Crippen LogP contribution in [0.25, 0.3) is 16.9 Å². The summed E-state index contributed by atoms with van der Waals surface area (Å²) in [6, 6.07) is 17.2. The predicted octanol–water partition coefficient (Wildman–Crippen LogP) is 3.51. The molecule has 182 valence electrons. The zero-order valence-corrected chi connectivity index (χ0v) is 19.3. The number of rotatable bonds is 8. The van der Waals surface area contributed by atoms with Crippen LogP contribution in [0.5, 0.6) is 0 Å². The van der Waals surface area contributed by atoms with Crippen LogP contribution in [-0.4, -0.2) is 45.5 Å². The summed E-state index contributed by atoms with van der Waals surface area (Å²) >= 11 is 0. The molecule has 4 rings (SSSR count). The Bertz CT molecular complexity index is 1200. The maximum absolute atomic E-state index is 13.8. The molecule has 3 amide bonds. The van der Waals surface area contributed by atoms with Gasteiger partial charge in [-0.05, 0) is 37.5 Å². The number of anilines is 1. The number of nitrogens with two attached hydrogens (primary N) is 1. The van der Waals surface area contributed by atoms with E-state index in [-0.39, 0.29) is 36.5 Å². The van der Waals surface area contributed by atoms with Crippen LogP contribution in [0.1, 0.15) is 32.1 Å². The molecule has 1 aromatic heterocycles. The number of nitrogens with one attached hydrogen (secondary N) is 1. The Kier molecular flexibility index (Phi) is 7.54. The van der Waals surface area contributed by atoms with E-state index in [0.717, 1.165) is 5.56 Å². The molecule has 0 aliphatic carbocycles. The fourth-order valence-corrected chi connectivity index (χ4v) is 4.20. The summed E-state index contributed by atoms with van der Waals surface area (Å²) < 4.78 is 15.3. The van der Waals surface area contributed by atoms with Crippen molar-refractivity contribution in [1.29, 1.82) is 0 Å². The highest BCUT2D eigenvalue weighted by Crippen LogP contribution is 2.25. The molecule has 1 saturated heterocycles. The molecular weight excluding hydrogens is 449 g/mol. The van der Waals surface area contributed by atoms with Crippen molar-refractivity contribution in [3.05, 3.63) is 66.5 Å². The molecule has 1 aliphatic heterocycles. The lowest BCUT2D eigenvalue weighted by Crippen LogP contribution is -2.41. The van der Waals surface area contributed by atoms with Gasteiger partial charge in [0.1, 0.15) is 11.6 Å². The lowest BCUT2D eigenvalue weighted by atomic mass is 9.96. The van der Waals surface area contributed by atoms with Crippen molar-refractivity contribution in [3.8, 4) is 16.9 Å². The van der Waals surface area contributed by atoms with Crippen molar-refractivity contribution in [3.63, 3.8) is 0 Å². The highest BCUT2D eigenvalue weighted by molar-refractivity contribution is 5.91. The molecule has 0 bridgehead atoms. The molecule has 1 fully saturated rings. The normalized spacial score (nSPS) is 14.0. The Labute approximate surface area is 202 Å². The Morgan fingerprint density at radius 3 is 2.43 bits per heavy atom. The number of aromatic nitrogens is 2. The lowest BCUT2D eigenvalue weighted by Gasteiger charge is -2.30. The van der Waals surface area contributed by atoms with Crippen molar-refractivity contribution in [2.75, 3.05) is 18.4 Å². The van der Waals surface area contributed by atoms with Gasteiger partial charge in [0.05, 0.1) is 11.4 Å². The summed E-state index contributed by atoms with van der Waals surface area (Å²) in [7, 11) is 0. The van der Waals surface area contributed by atoms with Gasteiger partial charge in [-0.15, -0.1) is 0 Å². The van der Waals surface area contributed by atoms with Gasteiger partial charge >= 0.3 is 0 Å². The lowest BCUT2D eigenvalue weighted by molar-refractivity contribution is -0.135. The molecule has 8 nitrogen and oxygen atoms in total. The first kappa shape index (κ1) is 24.1. The molecule has 0 saturated carbocycles. The minimum Gasteiger partial charge on any atom is -0.369 e. The Hall–Kier alpha value is -4.01. The average Bonchev–Trinajstić information content (AvgIpc) is 3.28. The molecule has 35 heavy (non-hydrogen) atoms. The first-order chi connectivity index (χ1) is 16.9. The van der Waals surface area contributed by atoms with Crippen molar-refractivity contribution in [2.45, 2.75) is 32.1 Å². The Morgan fingerprint density at radius 1 is 1.00 bits per heavy atom. The van der Waals surface area contributed by atoms with E-state index in [9.17, 15) is 18.8 Å². The molecule has 2 heterocycles. The minimum atomic E-state index is -0.407. The molecular formula is C26H28FN5O3. The number of amides is 3. The number of benzene rings is 2. The second-order valence-electron chi connectivity index (χ2n) is 8.63. The number of halogens is 1. The zero-order chi connectivity index (χ0) is 24.8. The van der Waals surface area contributed by atoms with E-state index in [1.807, 2.05) is 30.3 Å². The van der Waals surface area contributed by atoms with Gasteiger partial charge in [0.2, 0.25) is 17.7 Å². The molecule has 3 aromatic rings. The summed E-state index contributed by atoms with van der Waals surface area (Å²) in [4.78, 5) is 38.2. The van der Waals surface area contributed by atoms with Crippen molar-refractivity contribution in [2.24, 2.45) is 11.7 Å². The fourth-order valence-electron chi connectivity index (χ4n) is 4.20. The van der Waals surface area contributed by atoms with Gasteiger partial charge in [-0.2, -0.15) is 5.10 Å². The predicted molar refractivity (Wildman–Crippen MR) is 130 cm³/mol.